The summed E-state index contributed by atoms with van der Waals surface area (Å²) in [6, 6.07) is 7.34. The minimum atomic E-state index is -0.196. The van der Waals surface area contributed by atoms with Crippen molar-refractivity contribution in [3.63, 3.8) is 0 Å². The quantitative estimate of drug-likeness (QED) is 0.412. The number of nitrogens with zero attached hydrogens (tertiary/aromatic N) is 5. The Morgan fingerprint density at radius 3 is 2.36 bits per heavy atom. The first kappa shape index (κ1) is 33.1. The summed E-state index contributed by atoms with van der Waals surface area (Å²) < 4.78 is 6.13. The lowest BCUT2D eigenvalue weighted by atomic mass is 9.82. The van der Waals surface area contributed by atoms with Gasteiger partial charge in [-0.1, -0.05) is 25.7 Å². The maximum Gasteiger partial charge on any atom is 0.253 e. The van der Waals surface area contributed by atoms with E-state index in [1.165, 1.54) is 32.1 Å². The molecule has 4 heterocycles. The number of hydrogen-bond donors (Lipinski definition) is 3. The van der Waals surface area contributed by atoms with Crippen LogP contribution in [0.4, 0.5) is 5.69 Å². The van der Waals surface area contributed by atoms with Crippen LogP contribution in [-0.4, -0.2) is 139 Å². The van der Waals surface area contributed by atoms with E-state index in [2.05, 4.69) is 37.7 Å². The number of likely N-dealkylation sites (N-methyl/N-ethyl adjacent to an activating group) is 2. The first-order valence-corrected chi connectivity index (χ1v) is 18.7. The summed E-state index contributed by atoms with van der Waals surface area (Å²) in [7, 11) is 4.21. The average molecular weight is 651 g/mol. The summed E-state index contributed by atoms with van der Waals surface area (Å²) in [5, 5.41) is 11.2. The highest BCUT2D eigenvalue weighted by Gasteiger charge is 2.51. The number of rotatable bonds is 7. The smallest absolute Gasteiger partial charge is 0.253 e. The van der Waals surface area contributed by atoms with Crippen molar-refractivity contribution >= 4 is 17.5 Å². The van der Waals surface area contributed by atoms with Crippen molar-refractivity contribution in [1.29, 1.82) is 0 Å². The lowest BCUT2D eigenvalue weighted by Crippen LogP contribution is -2.72. The van der Waals surface area contributed by atoms with Gasteiger partial charge < -0.3 is 24.8 Å². The number of hydrogen-bond acceptors (Lipinski definition) is 9. The number of carbonyl (C=O) groups is 2. The molecule has 3 N–H and O–H groups in total. The van der Waals surface area contributed by atoms with Gasteiger partial charge in [0.15, 0.2) is 0 Å². The van der Waals surface area contributed by atoms with Gasteiger partial charge in [0.05, 0.1) is 30.4 Å². The molecule has 11 heteroatoms. The topological polar surface area (TPSA) is 95.7 Å². The van der Waals surface area contributed by atoms with E-state index >= 15 is 0 Å². The monoisotopic (exact) mass is 650 g/mol. The van der Waals surface area contributed by atoms with Gasteiger partial charge in [0.1, 0.15) is 12.0 Å². The maximum absolute atomic E-state index is 13.8. The van der Waals surface area contributed by atoms with Crippen molar-refractivity contribution in [2.45, 2.75) is 108 Å². The molecule has 6 fully saturated rings. The zero-order valence-electron chi connectivity index (χ0n) is 29.0. The van der Waals surface area contributed by atoms with Crippen molar-refractivity contribution < 1.29 is 14.3 Å². The fourth-order valence-corrected chi connectivity index (χ4v) is 9.51. The first-order chi connectivity index (χ1) is 22.9. The number of piperazine rings is 1. The van der Waals surface area contributed by atoms with Crippen molar-refractivity contribution in [3.8, 4) is 5.75 Å². The van der Waals surface area contributed by atoms with Gasteiger partial charge in [-0.05, 0) is 70.7 Å². The Hall–Kier alpha value is -2.44. The number of nitrogens with one attached hydrogen (secondary N) is 3. The third-order valence-corrected chi connectivity index (χ3v) is 12.2. The lowest BCUT2D eigenvalue weighted by molar-refractivity contribution is -0.137. The average Bonchev–Trinajstić information content (AvgIpc) is 3.61. The summed E-state index contributed by atoms with van der Waals surface area (Å²) >= 11 is 0. The second-order valence-electron chi connectivity index (χ2n) is 15.0. The van der Waals surface area contributed by atoms with Crippen molar-refractivity contribution in [3.05, 3.63) is 23.8 Å². The molecule has 1 aromatic carbocycles. The van der Waals surface area contributed by atoms with E-state index in [1.807, 2.05) is 42.0 Å². The highest BCUT2D eigenvalue weighted by Crippen LogP contribution is 2.40. The second-order valence-corrected chi connectivity index (χ2v) is 15.0. The zero-order valence-corrected chi connectivity index (χ0v) is 29.0. The molecule has 11 nitrogen and oxygen atoms in total. The Balaban J connectivity index is 1.04. The molecule has 2 saturated carbocycles. The highest BCUT2D eigenvalue weighted by atomic mass is 16.5. The van der Waals surface area contributed by atoms with Crippen LogP contribution in [0.2, 0.25) is 0 Å². The van der Waals surface area contributed by atoms with Crippen LogP contribution in [0, 0.1) is 5.92 Å². The SMILES string of the molecule is CCOc1cc(C(=O)N2CCC(N3CCN(C)CC3)CC2)ccc1NC1NCC2C(N1)N(C1CCCC1)C1CCCCC1C(=O)N2C. The minimum Gasteiger partial charge on any atom is -0.492 e. The van der Waals surface area contributed by atoms with E-state index in [1.54, 1.807) is 0 Å². The Morgan fingerprint density at radius 2 is 1.62 bits per heavy atom. The molecule has 0 radical (unpaired) electrons. The minimum absolute atomic E-state index is 0.0681. The molecule has 4 saturated heterocycles. The van der Waals surface area contributed by atoms with Gasteiger partial charge in [0.25, 0.3) is 5.91 Å². The molecule has 2 amide bonds. The number of carbonyl (C=O) groups excluding carboxylic acids is 2. The van der Waals surface area contributed by atoms with Crippen LogP contribution in [0.25, 0.3) is 0 Å². The molecule has 4 aliphatic heterocycles. The molecule has 6 aliphatic rings. The van der Waals surface area contributed by atoms with E-state index < -0.39 is 0 Å². The van der Waals surface area contributed by atoms with Crippen LogP contribution in [0.15, 0.2) is 18.2 Å². The van der Waals surface area contributed by atoms with Crippen LogP contribution < -0.4 is 20.7 Å². The van der Waals surface area contributed by atoms with Gasteiger partial charge in [0.2, 0.25) is 5.91 Å². The van der Waals surface area contributed by atoms with Crippen LogP contribution >= 0.6 is 0 Å². The Labute approximate surface area is 281 Å². The summed E-state index contributed by atoms with van der Waals surface area (Å²) in [6.45, 7) is 9.33. The number of ether oxygens (including phenoxy) is 1. The zero-order chi connectivity index (χ0) is 32.5. The predicted octanol–water partition coefficient (Wildman–Crippen LogP) is 2.80. The molecule has 5 unspecified atom stereocenters. The third-order valence-electron chi connectivity index (χ3n) is 12.2. The number of piperidine rings is 1. The standard InChI is InChI=1S/C36H58N8O3/c1-4-47-32-23-25(34(45)43-17-15-26(16-18-43)42-21-19-40(2)20-22-42)13-14-29(32)38-36-37-24-31-33(39-36)44(27-9-5-6-10-27)30-12-8-7-11-28(30)35(46)41(31)3/h13-14,23,26-28,30-31,33,36-39H,4-12,15-22,24H2,1-3H3. The fourth-order valence-electron chi connectivity index (χ4n) is 9.51. The summed E-state index contributed by atoms with van der Waals surface area (Å²) in [5.41, 5.74) is 1.54. The van der Waals surface area contributed by atoms with Crippen LogP contribution in [-0.2, 0) is 4.79 Å². The van der Waals surface area contributed by atoms with Crippen LogP contribution in [0.5, 0.6) is 5.75 Å². The van der Waals surface area contributed by atoms with Gasteiger partial charge in [-0.15, -0.1) is 0 Å². The van der Waals surface area contributed by atoms with Gasteiger partial charge in [-0.2, -0.15) is 0 Å². The first-order valence-electron chi connectivity index (χ1n) is 18.7. The Bertz CT molecular complexity index is 1240. The van der Waals surface area contributed by atoms with E-state index in [9.17, 15) is 9.59 Å². The molecular weight excluding hydrogens is 592 g/mol. The van der Waals surface area contributed by atoms with Gasteiger partial charge in [-0.3, -0.25) is 30.0 Å². The molecular formula is C36H58N8O3. The normalized spacial score (nSPS) is 32.1. The largest absolute Gasteiger partial charge is 0.492 e. The van der Waals surface area contributed by atoms with Crippen molar-refractivity contribution in [2.24, 2.45) is 5.92 Å². The molecule has 1 aromatic rings. The molecule has 5 atom stereocenters. The van der Waals surface area contributed by atoms with Gasteiger partial charge in [-0.25, -0.2) is 0 Å². The molecule has 2 aliphatic carbocycles. The molecule has 0 bridgehead atoms. The number of benzene rings is 1. The highest BCUT2D eigenvalue weighted by molar-refractivity contribution is 5.95. The maximum atomic E-state index is 13.8. The summed E-state index contributed by atoms with van der Waals surface area (Å²) in [5.74, 6) is 1.21. The summed E-state index contributed by atoms with van der Waals surface area (Å²) in [6.07, 6.45) is 11.4. The van der Waals surface area contributed by atoms with Crippen LogP contribution in [0.3, 0.4) is 0 Å². The van der Waals surface area contributed by atoms with Gasteiger partial charge >= 0.3 is 0 Å². The molecule has 47 heavy (non-hydrogen) atoms. The number of anilines is 1. The number of likely N-dealkylation sites (tertiary alicyclic amines) is 1. The van der Waals surface area contributed by atoms with Crippen LogP contribution in [0.1, 0.15) is 81.5 Å². The predicted molar refractivity (Wildman–Crippen MR) is 184 cm³/mol. The number of fused-ring (bicyclic) bond motifs is 2. The Kier molecular flexibility index (Phi) is 10.3. The van der Waals surface area contributed by atoms with Crippen molar-refractivity contribution in [2.75, 3.05) is 71.8 Å². The van der Waals surface area contributed by atoms with Crippen molar-refractivity contribution in [1.82, 2.24) is 35.1 Å². The Morgan fingerprint density at radius 1 is 0.894 bits per heavy atom. The second kappa shape index (κ2) is 14.6. The summed E-state index contributed by atoms with van der Waals surface area (Å²) in [4.78, 5) is 39.3. The van der Waals surface area contributed by atoms with Gasteiger partial charge in [0, 0.05) is 76.5 Å². The van der Waals surface area contributed by atoms with E-state index in [-0.39, 0.29) is 30.3 Å². The number of amides is 2. The molecule has 7 rings (SSSR count). The molecule has 260 valence electrons. The third kappa shape index (κ3) is 6.88. The van der Waals surface area contributed by atoms with E-state index in [4.69, 9.17) is 4.74 Å². The molecule has 0 aromatic heterocycles. The lowest BCUT2D eigenvalue weighted by Gasteiger charge is -2.49. The van der Waals surface area contributed by atoms with E-state index in [0.29, 0.717) is 48.5 Å². The van der Waals surface area contributed by atoms with E-state index in [0.717, 1.165) is 77.1 Å². The molecule has 0 spiro atoms. The fraction of sp³-hybridized carbons (Fsp3) is 0.778.